The lowest BCUT2D eigenvalue weighted by atomic mass is 10.0. The molecule has 0 aromatic heterocycles. The highest BCUT2D eigenvalue weighted by Gasteiger charge is 2.16. The average Bonchev–Trinajstić information content (AvgIpc) is 2.49. The SMILES string of the molecule is COc1ccccc1S(=O)CC(N)c1cc(C)ccc1C. The van der Waals surface area contributed by atoms with Gasteiger partial charge in [0, 0.05) is 11.8 Å². The molecule has 0 saturated heterocycles. The number of nitrogens with two attached hydrogens (primary N) is 1. The molecule has 0 aliphatic carbocycles. The van der Waals surface area contributed by atoms with Crippen LogP contribution in [0, 0.1) is 13.8 Å². The summed E-state index contributed by atoms with van der Waals surface area (Å²) < 4.78 is 17.8. The van der Waals surface area contributed by atoms with Gasteiger partial charge in [-0.15, -0.1) is 0 Å². The largest absolute Gasteiger partial charge is 0.495 e. The van der Waals surface area contributed by atoms with Gasteiger partial charge in [0.1, 0.15) is 5.75 Å². The van der Waals surface area contributed by atoms with Crippen LogP contribution in [0.3, 0.4) is 0 Å². The molecule has 0 saturated carbocycles. The first kappa shape index (κ1) is 15.7. The van der Waals surface area contributed by atoms with Gasteiger partial charge in [0.05, 0.1) is 22.8 Å². The van der Waals surface area contributed by atoms with E-state index in [0.29, 0.717) is 16.4 Å². The maximum absolute atomic E-state index is 12.6. The number of benzene rings is 2. The number of rotatable bonds is 5. The van der Waals surface area contributed by atoms with Crippen LogP contribution < -0.4 is 10.5 Å². The van der Waals surface area contributed by atoms with E-state index in [0.717, 1.165) is 16.7 Å². The zero-order valence-electron chi connectivity index (χ0n) is 12.6. The van der Waals surface area contributed by atoms with Crippen molar-refractivity contribution >= 4 is 10.8 Å². The van der Waals surface area contributed by atoms with E-state index in [9.17, 15) is 4.21 Å². The lowest BCUT2D eigenvalue weighted by Crippen LogP contribution is -2.19. The quantitative estimate of drug-likeness (QED) is 0.923. The minimum absolute atomic E-state index is 0.254. The van der Waals surface area contributed by atoms with E-state index in [1.807, 2.05) is 38.1 Å². The van der Waals surface area contributed by atoms with Crippen LogP contribution in [0.1, 0.15) is 22.7 Å². The molecule has 2 aromatic rings. The molecule has 0 fully saturated rings. The topological polar surface area (TPSA) is 52.3 Å². The van der Waals surface area contributed by atoms with E-state index < -0.39 is 10.8 Å². The van der Waals surface area contributed by atoms with Crippen molar-refractivity contribution in [3.8, 4) is 5.75 Å². The second-order valence-electron chi connectivity index (χ2n) is 5.13. The van der Waals surface area contributed by atoms with Gasteiger partial charge in [-0.2, -0.15) is 0 Å². The van der Waals surface area contributed by atoms with Crippen molar-refractivity contribution in [3.05, 3.63) is 59.2 Å². The maximum atomic E-state index is 12.6. The first-order valence-electron chi connectivity index (χ1n) is 6.87. The Morgan fingerprint density at radius 3 is 2.62 bits per heavy atom. The molecule has 2 N–H and O–H groups in total. The summed E-state index contributed by atoms with van der Waals surface area (Å²) in [5.41, 5.74) is 9.61. The van der Waals surface area contributed by atoms with E-state index in [1.165, 1.54) is 0 Å². The Morgan fingerprint density at radius 2 is 1.90 bits per heavy atom. The fourth-order valence-electron chi connectivity index (χ4n) is 2.31. The van der Waals surface area contributed by atoms with Crippen molar-refractivity contribution in [3.63, 3.8) is 0 Å². The summed E-state index contributed by atoms with van der Waals surface area (Å²) in [7, 11) is 0.394. The zero-order valence-corrected chi connectivity index (χ0v) is 13.4. The third-order valence-corrected chi connectivity index (χ3v) is 4.97. The molecule has 2 rings (SSSR count). The standard InChI is InChI=1S/C17H21NO2S/c1-12-8-9-13(2)14(10-12)15(18)11-21(19)17-7-5-4-6-16(17)20-3/h4-10,15H,11,18H2,1-3H3. The van der Waals surface area contributed by atoms with Crippen LogP contribution >= 0.6 is 0 Å². The van der Waals surface area contributed by atoms with Gasteiger partial charge in [0.15, 0.2) is 0 Å². The molecule has 0 bridgehead atoms. The first-order chi connectivity index (χ1) is 10.0. The lowest BCUT2D eigenvalue weighted by molar-refractivity contribution is 0.404. The minimum Gasteiger partial charge on any atom is -0.495 e. The van der Waals surface area contributed by atoms with E-state index >= 15 is 0 Å². The molecule has 21 heavy (non-hydrogen) atoms. The Morgan fingerprint density at radius 1 is 1.19 bits per heavy atom. The fourth-order valence-corrected chi connectivity index (χ4v) is 3.60. The third kappa shape index (κ3) is 3.71. The van der Waals surface area contributed by atoms with Gasteiger partial charge in [-0.25, -0.2) is 0 Å². The monoisotopic (exact) mass is 303 g/mol. The molecule has 2 unspecified atom stereocenters. The van der Waals surface area contributed by atoms with Crippen LogP contribution in [0.5, 0.6) is 5.75 Å². The van der Waals surface area contributed by atoms with Crippen LogP contribution in [-0.2, 0) is 10.8 Å². The smallest absolute Gasteiger partial charge is 0.134 e. The van der Waals surface area contributed by atoms with Crippen molar-refractivity contribution in [1.29, 1.82) is 0 Å². The third-order valence-electron chi connectivity index (χ3n) is 3.48. The number of methoxy groups -OCH3 is 1. The van der Waals surface area contributed by atoms with Gasteiger partial charge in [0.2, 0.25) is 0 Å². The first-order valence-corrected chi connectivity index (χ1v) is 8.19. The van der Waals surface area contributed by atoms with Gasteiger partial charge in [-0.3, -0.25) is 4.21 Å². The molecular weight excluding hydrogens is 282 g/mol. The number of hydrogen-bond donors (Lipinski definition) is 1. The molecule has 0 aliphatic rings. The minimum atomic E-state index is -1.19. The van der Waals surface area contributed by atoms with Crippen LogP contribution in [0.2, 0.25) is 0 Å². The second kappa shape index (κ2) is 6.87. The summed E-state index contributed by atoms with van der Waals surface area (Å²) in [6.45, 7) is 4.06. The Bertz CT molecular complexity index is 655. The Kier molecular flexibility index (Phi) is 5.15. The van der Waals surface area contributed by atoms with E-state index in [2.05, 4.69) is 18.2 Å². The van der Waals surface area contributed by atoms with E-state index in [-0.39, 0.29) is 6.04 Å². The van der Waals surface area contributed by atoms with Crippen molar-refractivity contribution < 1.29 is 8.95 Å². The van der Waals surface area contributed by atoms with Crippen LogP contribution in [0.4, 0.5) is 0 Å². The van der Waals surface area contributed by atoms with Gasteiger partial charge in [-0.05, 0) is 37.1 Å². The Labute approximate surface area is 128 Å². The van der Waals surface area contributed by atoms with E-state index in [1.54, 1.807) is 7.11 Å². The molecule has 0 aliphatic heterocycles. The highest BCUT2D eigenvalue weighted by Crippen LogP contribution is 2.25. The van der Waals surface area contributed by atoms with Crippen LogP contribution in [0.25, 0.3) is 0 Å². The average molecular weight is 303 g/mol. The fraction of sp³-hybridized carbons (Fsp3) is 0.294. The predicted molar refractivity (Wildman–Crippen MR) is 87.1 cm³/mol. The second-order valence-corrected chi connectivity index (χ2v) is 6.59. The van der Waals surface area contributed by atoms with Crippen molar-refractivity contribution in [1.82, 2.24) is 0 Å². The Balaban J connectivity index is 2.21. The van der Waals surface area contributed by atoms with Crippen LogP contribution in [-0.4, -0.2) is 17.1 Å². The highest BCUT2D eigenvalue weighted by atomic mass is 32.2. The van der Waals surface area contributed by atoms with Crippen molar-refractivity contribution in [2.24, 2.45) is 5.73 Å². The summed E-state index contributed by atoms with van der Waals surface area (Å²) in [5.74, 6) is 1.02. The summed E-state index contributed by atoms with van der Waals surface area (Å²) in [6.07, 6.45) is 0. The summed E-state index contributed by atoms with van der Waals surface area (Å²) in [4.78, 5) is 0.695. The van der Waals surface area contributed by atoms with Crippen LogP contribution in [0.15, 0.2) is 47.4 Å². The molecule has 0 spiro atoms. The van der Waals surface area contributed by atoms with Gasteiger partial charge >= 0.3 is 0 Å². The highest BCUT2D eigenvalue weighted by molar-refractivity contribution is 7.85. The van der Waals surface area contributed by atoms with Crippen molar-refractivity contribution in [2.45, 2.75) is 24.8 Å². The normalized spacial score (nSPS) is 13.7. The summed E-state index contributed by atoms with van der Waals surface area (Å²) in [5, 5.41) is 0. The number of para-hydroxylation sites is 1. The van der Waals surface area contributed by atoms with Gasteiger partial charge < -0.3 is 10.5 Å². The predicted octanol–water partition coefficient (Wildman–Crippen LogP) is 3.12. The summed E-state index contributed by atoms with van der Waals surface area (Å²) in [6, 6.07) is 13.3. The molecule has 3 nitrogen and oxygen atoms in total. The summed E-state index contributed by atoms with van der Waals surface area (Å²) >= 11 is 0. The molecule has 0 radical (unpaired) electrons. The van der Waals surface area contributed by atoms with Gasteiger partial charge in [-0.1, -0.05) is 35.9 Å². The molecule has 0 amide bonds. The van der Waals surface area contributed by atoms with Gasteiger partial charge in [0.25, 0.3) is 0 Å². The molecule has 2 atom stereocenters. The van der Waals surface area contributed by atoms with Crippen molar-refractivity contribution in [2.75, 3.05) is 12.9 Å². The maximum Gasteiger partial charge on any atom is 0.134 e. The number of ether oxygens (including phenoxy) is 1. The molecule has 2 aromatic carbocycles. The molecular formula is C17H21NO2S. The molecule has 112 valence electrons. The number of hydrogen-bond acceptors (Lipinski definition) is 3. The Hall–Kier alpha value is -1.65. The zero-order chi connectivity index (χ0) is 15.4. The lowest BCUT2D eigenvalue weighted by Gasteiger charge is -2.16. The number of aryl methyl sites for hydroxylation is 2. The van der Waals surface area contributed by atoms with E-state index in [4.69, 9.17) is 10.5 Å². The molecule has 0 heterocycles. The molecule has 4 heteroatoms.